The molecule has 3 aromatic rings. The lowest BCUT2D eigenvalue weighted by molar-refractivity contribution is 0.102. The third-order valence-corrected chi connectivity index (χ3v) is 5.31. The van der Waals surface area contributed by atoms with Crippen molar-refractivity contribution in [1.82, 2.24) is 10.2 Å². The third kappa shape index (κ3) is 5.12. The summed E-state index contributed by atoms with van der Waals surface area (Å²) in [5.74, 6) is 0.884. The molecule has 1 heterocycles. The Balaban J connectivity index is 1.63. The fourth-order valence-electron chi connectivity index (χ4n) is 2.19. The lowest BCUT2D eigenvalue weighted by Crippen LogP contribution is -2.13. The fourth-order valence-corrected chi connectivity index (χ4v) is 3.39. The van der Waals surface area contributed by atoms with E-state index in [1.165, 1.54) is 18.4 Å². The summed E-state index contributed by atoms with van der Waals surface area (Å²) in [6.45, 7) is 0.251. The van der Waals surface area contributed by atoms with Crippen LogP contribution in [0, 0.1) is 0 Å². The Morgan fingerprint density at radius 2 is 2.00 bits per heavy atom. The van der Waals surface area contributed by atoms with Gasteiger partial charge in [-0.15, -0.1) is 22.0 Å². The van der Waals surface area contributed by atoms with Crippen molar-refractivity contribution in [3.63, 3.8) is 0 Å². The zero-order valence-electron chi connectivity index (χ0n) is 14.6. The average molecular weight is 422 g/mol. The quantitative estimate of drug-likeness (QED) is 0.555. The van der Waals surface area contributed by atoms with Gasteiger partial charge in [-0.05, 0) is 48.7 Å². The van der Waals surface area contributed by atoms with Crippen LogP contribution in [-0.2, 0) is 6.61 Å². The number of halogens is 1. The van der Waals surface area contributed by atoms with Crippen molar-refractivity contribution in [2.24, 2.45) is 0 Å². The maximum absolute atomic E-state index is 12.5. The minimum Gasteiger partial charge on any atom is -0.496 e. The number of benzene rings is 2. The van der Waals surface area contributed by atoms with E-state index in [4.69, 9.17) is 21.1 Å². The molecule has 0 saturated carbocycles. The van der Waals surface area contributed by atoms with Gasteiger partial charge in [0, 0.05) is 9.92 Å². The third-order valence-electron chi connectivity index (χ3n) is 3.52. The molecule has 0 radical (unpaired) electrons. The van der Waals surface area contributed by atoms with E-state index in [9.17, 15) is 4.79 Å². The number of ether oxygens (including phenoxy) is 2. The molecule has 3 rings (SSSR count). The topological polar surface area (TPSA) is 73.3 Å². The molecule has 0 aliphatic carbocycles. The number of carbonyl (C=O) groups is 1. The van der Waals surface area contributed by atoms with E-state index in [0.717, 1.165) is 4.90 Å². The summed E-state index contributed by atoms with van der Waals surface area (Å²) in [7, 11) is 1.54. The van der Waals surface area contributed by atoms with Crippen LogP contribution in [0.25, 0.3) is 0 Å². The van der Waals surface area contributed by atoms with E-state index in [1.807, 2.05) is 18.4 Å². The summed E-state index contributed by atoms with van der Waals surface area (Å²) in [6.07, 6.45) is 1.96. The molecule has 0 unspecified atom stereocenters. The number of carbonyl (C=O) groups excluding carboxylic acids is 1. The highest BCUT2D eigenvalue weighted by Crippen LogP contribution is 2.27. The van der Waals surface area contributed by atoms with E-state index in [2.05, 4.69) is 15.5 Å². The first-order chi connectivity index (χ1) is 13.1. The molecular weight excluding hydrogens is 406 g/mol. The maximum Gasteiger partial charge on any atom is 0.261 e. The van der Waals surface area contributed by atoms with Gasteiger partial charge in [-0.25, -0.2) is 0 Å². The van der Waals surface area contributed by atoms with Gasteiger partial charge in [-0.2, -0.15) is 0 Å². The molecule has 1 N–H and O–H groups in total. The Bertz CT molecular complexity index is 932. The highest BCUT2D eigenvalue weighted by molar-refractivity contribution is 7.98. The van der Waals surface area contributed by atoms with Gasteiger partial charge in [0.25, 0.3) is 5.91 Å². The number of anilines is 1. The minimum absolute atomic E-state index is 0.251. The molecular formula is C18H16ClN3O3S2. The molecule has 0 aliphatic heterocycles. The summed E-state index contributed by atoms with van der Waals surface area (Å²) < 4.78 is 10.9. The lowest BCUT2D eigenvalue weighted by atomic mass is 10.2. The molecule has 140 valence electrons. The van der Waals surface area contributed by atoms with Gasteiger partial charge in [-0.3, -0.25) is 10.1 Å². The van der Waals surface area contributed by atoms with Crippen molar-refractivity contribution in [2.45, 2.75) is 11.5 Å². The summed E-state index contributed by atoms with van der Waals surface area (Å²) >= 11 is 8.67. The number of methoxy groups -OCH3 is 1. The highest BCUT2D eigenvalue weighted by atomic mass is 35.5. The van der Waals surface area contributed by atoms with Gasteiger partial charge >= 0.3 is 0 Å². The molecule has 0 spiro atoms. The second-order valence-corrected chi connectivity index (χ2v) is 7.64. The molecule has 0 atom stereocenters. The first-order valence-corrected chi connectivity index (χ1v) is 10.2. The van der Waals surface area contributed by atoms with Crippen LogP contribution in [0.15, 0.2) is 47.4 Å². The van der Waals surface area contributed by atoms with Crippen molar-refractivity contribution in [3.8, 4) is 11.5 Å². The number of amides is 1. The molecule has 1 aromatic heterocycles. The molecule has 0 fully saturated rings. The van der Waals surface area contributed by atoms with Crippen LogP contribution in [0.3, 0.4) is 0 Å². The molecule has 2 aromatic carbocycles. The number of nitrogens with zero attached hydrogens (tertiary/aromatic N) is 2. The van der Waals surface area contributed by atoms with E-state index in [-0.39, 0.29) is 12.5 Å². The minimum atomic E-state index is -0.305. The predicted molar refractivity (Wildman–Crippen MR) is 108 cm³/mol. The SMILES string of the molecule is COc1cc(SC)ccc1C(=O)Nc1nnc(COc2ccc(Cl)cc2)s1. The summed E-state index contributed by atoms with van der Waals surface area (Å²) in [5.41, 5.74) is 0.435. The van der Waals surface area contributed by atoms with E-state index >= 15 is 0 Å². The van der Waals surface area contributed by atoms with Crippen LogP contribution < -0.4 is 14.8 Å². The van der Waals surface area contributed by atoms with Gasteiger partial charge in [0.15, 0.2) is 5.01 Å². The molecule has 0 bridgehead atoms. The van der Waals surface area contributed by atoms with Crippen LogP contribution in [0.5, 0.6) is 11.5 Å². The van der Waals surface area contributed by atoms with Gasteiger partial charge in [0.2, 0.25) is 5.13 Å². The Kier molecular flexibility index (Phi) is 6.54. The largest absolute Gasteiger partial charge is 0.496 e. The van der Waals surface area contributed by atoms with E-state index in [0.29, 0.717) is 32.2 Å². The van der Waals surface area contributed by atoms with Gasteiger partial charge in [0.05, 0.1) is 12.7 Å². The molecule has 0 saturated heterocycles. The summed E-state index contributed by atoms with van der Waals surface area (Å²) in [5, 5.41) is 12.4. The highest BCUT2D eigenvalue weighted by Gasteiger charge is 2.15. The summed E-state index contributed by atoms with van der Waals surface area (Å²) in [4.78, 5) is 13.5. The first-order valence-electron chi connectivity index (χ1n) is 7.83. The van der Waals surface area contributed by atoms with Crippen molar-refractivity contribution in [3.05, 3.63) is 58.1 Å². The lowest BCUT2D eigenvalue weighted by Gasteiger charge is -2.09. The average Bonchev–Trinajstić information content (AvgIpc) is 3.14. The molecule has 6 nitrogen and oxygen atoms in total. The zero-order chi connectivity index (χ0) is 19.2. The number of hydrogen-bond acceptors (Lipinski definition) is 7. The standard InChI is InChI=1S/C18H16ClN3O3S2/c1-24-15-9-13(26-2)7-8-14(15)17(23)20-18-22-21-16(27-18)10-25-12-5-3-11(19)4-6-12/h3-9H,10H2,1-2H3,(H,20,22,23). The van der Waals surface area contributed by atoms with Crippen molar-refractivity contribution in [1.29, 1.82) is 0 Å². The van der Waals surface area contributed by atoms with Crippen molar-refractivity contribution < 1.29 is 14.3 Å². The monoisotopic (exact) mass is 421 g/mol. The van der Waals surface area contributed by atoms with Crippen LogP contribution >= 0.6 is 34.7 Å². The zero-order valence-corrected chi connectivity index (χ0v) is 17.0. The second-order valence-electron chi connectivity index (χ2n) is 5.26. The van der Waals surface area contributed by atoms with Gasteiger partial charge < -0.3 is 9.47 Å². The second kappa shape index (κ2) is 9.07. The number of rotatable bonds is 7. The van der Waals surface area contributed by atoms with Crippen molar-refractivity contribution in [2.75, 3.05) is 18.7 Å². The Morgan fingerprint density at radius 3 is 2.70 bits per heavy atom. The molecule has 1 amide bonds. The molecule has 27 heavy (non-hydrogen) atoms. The molecule has 0 aliphatic rings. The number of nitrogens with one attached hydrogen (secondary N) is 1. The van der Waals surface area contributed by atoms with E-state index < -0.39 is 0 Å². The number of thioether (sulfide) groups is 1. The Hall–Kier alpha value is -2.29. The summed E-state index contributed by atoms with van der Waals surface area (Å²) in [6, 6.07) is 12.5. The number of aromatic nitrogens is 2. The molecule has 9 heteroatoms. The normalized spacial score (nSPS) is 10.5. The fraction of sp³-hybridized carbons (Fsp3) is 0.167. The number of hydrogen-bond donors (Lipinski definition) is 1. The maximum atomic E-state index is 12.5. The van der Waals surface area contributed by atoms with Crippen LogP contribution in [-0.4, -0.2) is 29.5 Å². The first kappa shape index (κ1) is 19.5. The Labute approximate surface area is 169 Å². The smallest absolute Gasteiger partial charge is 0.261 e. The van der Waals surface area contributed by atoms with Crippen LogP contribution in [0.1, 0.15) is 15.4 Å². The predicted octanol–water partition coefficient (Wildman–Crippen LogP) is 4.75. The van der Waals surface area contributed by atoms with Crippen LogP contribution in [0.4, 0.5) is 5.13 Å². The van der Waals surface area contributed by atoms with Gasteiger partial charge in [-0.1, -0.05) is 22.9 Å². The van der Waals surface area contributed by atoms with Crippen LogP contribution in [0.2, 0.25) is 5.02 Å². The van der Waals surface area contributed by atoms with Gasteiger partial charge in [0.1, 0.15) is 18.1 Å². The Morgan fingerprint density at radius 1 is 1.22 bits per heavy atom. The van der Waals surface area contributed by atoms with Crippen molar-refractivity contribution >= 4 is 45.7 Å². The van der Waals surface area contributed by atoms with E-state index in [1.54, 1.807) is 42.1 Å².